The van der Waals surface area contributed by atoms with Crippen molar-refractivity contribution in [2.45, 2.75) is 13.0 Å². The molecule has 0 aliphatic heterocycles. The van der Waals surface area contributed by atoms with E-state index in [0.29, 0.717) is 21.8 Å². The summed E-state index contributed by atoms with van der Waals surface area (Å²) < 4.78 is 26.1. The number of anilines is 1. The predicted molar refractivity (Wildman–Crippen MR) is 78.1 cm³/mol. The Balaban J connectivity index is 2.14. The molecular weight excluding hydrogens is 298 g/mol. The van der Waals surface area contributed by atoms with Gasteiger partial charge in [-0.15, -0.1) is 0 Å². The monoisotopic (exact) mass is 310 g/mol. The molecule has 0 fully saturated rings. The Morgan fingerprint density at radius 1 is 1.19 bits per heavy atom. The van der Waals surface area contributed by atoms with Crippen LogP contribution in [0.5, 0.6) is 0 Å². The highest BCUT2D eigenvalue weighted by molar-refractivity contribution is 6.33. The van der Waals surface area contributed by atoms with E-state index in [-0.39, 0.29) is 5.91 Å². The molecule has 3 nitrogen and oxygen atoms in total. The van der Waals surface area contributed by atoms with Crippen molar-refractivity contribution in [2.24, 2.45) is 0 Å². The highest BCUT2D eigenvalue weighted by Crippen LogP contribution is 2.21. The standard InChI is InChI=1S/C15H13ClF2N2O/c1-8(9-3-5-12(17)13(18)6-9)20-15(21)10-2-4-11(16)14(19)7-10/h2-8H,19H2,1H3,(H,20,21). The molecule has 0 aromatic heterocycles. The summed E-state index contributed by atoms with van der Waals surface area (Å²) in [5, 5.41) is 3.04. The lowest BCUT2D eigenvalue weighted by Gasteiger charge is -2.15. The van der Waals surface area contributed by atoms with Crippen LogP contribution in [-0.4, -0.2) is 5.91 Å². The Morgan fingerprint density at radius 2 is 1.90 bits per heavy atom. The quantitative estimate of drug-likeness (QED) is 0.849. The molecule has 0 saturated heterocycles. The van der Waals surface area contributed by atoms with Gasteiger partial charge in [-0.05, 0) is 42.8 Å². The van der Waals surface area contributed by atoms with Gasteiger partial charge < -0.3 is 11.1 Å². The van der Waals surface area contributed by atoms with E-state index in [1.165, 1.54) is 24.3 Å². The number of benzene rings is 2. The number of hydrogen-bond acceptors (Lipinski definition) is 2. The van der Waals surface area contributed by atoms with E-state index in [1.54, 1.807) is 6.92 Å². The second kappa shape index (κ2) is 6.10. The summed E-state index contributed by atoms with van der Waals surface area (Å²) in [6, 6.07) is 7.52. The fourth-order valence-electron chi connectivity index (χ4n) is 1.83. The van der Waals surface area contributed by atoms with Gasteiger partial charge in [-0.25, -0.2) is 8.78 Å². The minimum absolute atomic E-state index is 0.296. The van der Waals surface area contributed by atoms with Gasteiger partial charge in [-0.1, -0.05) is 17.7 Å². The lowest BCUT2D eigenvalue weighted by atomic mass is 10.1. The van der Waals surface area contributed by atoms with E-state index in [1.807, 2.05) is 0 Å². The molecule has 0 aliphatic rings. The molecule has 1 amide bonds. The maximum absolute atomic E-state index is 13.2. The zero-order valence-electron chi connectivity index (χ0n) is 11.2. The Bertz CT molecular complexity index is 691. The van der Waals surface area contributed by atoms with E-state index < -0.39 is 17.7 Å². The molecule has 2 aromatic rings. The summed E-state index contributed by atoms with van der Waals surface area (Å²) in [5.74, 6) is -2.26. The van der Waals surface area contributed by atoms with Crippen molar-refractivity contribution in [3.63, 3.8) is 0 Å². The normalized spacial score (nSPS) is 12.0. The Hall–Kier alpha value is -2.14. The minimum Gasteiger partial charge on any atom is -0.398 e. The molecule has 3 N–H and O–H groups in total. The van der Waals surface area contributed by atoms with Gasteiger partial charge >= 0.3 is 0 Å². The van der Waals surface area contributed by atoms with E-state index in [2.05, 4.69) is 5.32 Å². The topological polar surface area (TPSA) is 55.1 Å². The molecular formula is C15H13ClF2N2O. The molecule has 0 spiro atoms. The predicted octanol–water partition coefficient (Wildman–Crippen LogP) is 3.69. The van der Waals surface area contributed by atoms with Gasteiger partial charge in [0.05, 0.1) is 16.8 Å². The highest BCUT2D eigenvalue weighted by atomic mass is 35.5. The maximum atomic E-state index is 13.2. The van der Waals surface area contributed by atoms with Gasteiger partial charge in [-0.2, -0.15) is 0 Å². The SMILES string of the molecule is CC(NC(=O)c1ccc(Cl)c(N)c1)c1ccc(F)c(F)c1. The van der Waals surface area contributed by atoms with Gasteiger partial charge in [0, 0.05) is 5.56 Å². The number of amides is 1. The third-order valence-electron chi connectivity index (χ3n) is 3.05. The van der Waals surface area contributed by atoms with Crippen LogP contribution in [0, 0.1) is 11.6 Å². The van der Waals surface area contributed by atoms with Crippen molar-refractivity contribution in [3.8, 4) is 0 Å². The van der Waals surface area contributed by atoms with Gasteiger partial charge in [0.1, 0.15) is 0 Å². The third kappa shape index (κ3) is 3.49. The van der Waals surface area contributed by atoms with Crippen LogP contribution in [0.1, 0.15) is 28.9 Å². The van der Waals surface area contributed by atoms with Gasteiger partial charge in [-0.3, -0.25) is 4.79 Å². The van der Waals surface area contributed by atoms with Crippen LogP contribution in [0.15, 0.2) is 36.4 Å². The molecule has 1 unspecified atom stereocenters. The van der Waals surface area contributed by atoms with Crippen molar-refractivity contribution in [1.29, 1.82) is 0 Å². The van der Waals surface area contributed by atoms with E-state index >= 15 is 0 Å². The smallest absolute Gasteiger partial charge is 0.251 e. The first-order valence-electron chi connectivity index (χ1n) is 6.19. The fraction of sp³-hybridized carbons (Fsp3) is 0.133. The van der Waals surface area contributed by atoms with Crippen LogP contribution in [0.2, 0.25) is 5.02 Å². The van der Waals surface area contributed by atoms with Gasteiger partial charge in [0.2, 0.25) is 0 Å². The molecule has 0 heterocycles. The summed E-state index contributed by atoms with van der Waals surface area (Å²) in [6.07, 6.45) is 0. The molecule has 110 valence electrons. The lowest BCUT2D eigenvalue weighted by Crippen LogP contribution is -2.26. The molecule has 2 rings (SSSR count). The summed E-state index contributed by atoms with van der Waals surface area (Å²) in [6.45, 7) is 1.67. The molecule has 0 aliphatic carbocycles. The molecule has 6 heteroatoms. The Kier molecular flexibility index (Phi) is 4.43. The molecule has 0 bridgehead atoms. The number of nitrogen functional groups attached to an aromatic ring is 1. The minimum atomic E-state index is -0.954. The lowest BCUT2D eigenvalue weighted by molar-refractivity contribution is 0.0940. The highest BCUT2D eigenvalue weighted by Gasteiger charge is 2.14. The second-order valence-electron chi connectivity index (χ2n) is 4.60. The summed E-state index contributed by atoms with van der Waals surface area (Å²) in [4.78, 5) is 12.1. The number of rotatable bonds is 3. The van der Waals surface area contributed by atoms with Gasteiger partial charge in [0.25, 0.3) is 5.91 Å². The van der Waals surface area contributed by atoms with Crippen molar-refractivity contribution in [1.82, 2.24) is 5.32 Å². The number of carbonyl (C=O) groups is 1. The second-order valence-corrected chi connectivity index (χ2v) is 5.01. The van der Waals surface area contributed by atoms with Gasteiger partial charge in [0.15, 0.2) is 11.6 Å². The average Bonchev–Trinajstić information content (AvgIpc) is 2.44. The summed E-state index contributed by atoms with van der Waals surface area (Å²) in [5.41, 5.74) is 6.73. The number of carbonyl (C=O) groups excluding carboxylic acids is 1. The molecule has 1 atom stereocenters. The number of hydrogen-bond donors (Lipinski definition) is 2. The Morgan fingerprint density at radius 3 is 2.52 bits per heavy atom. The third-order valence-corrected chi connectivity index (χ3v) is 3.39. The van der Waals surface area contributed by atoms with Crippen LogP contribution >= 0.6 is 11.6 Å². The number of nitrogens with two attached hydrogens (primary N) is 1. The van der Waals surface area contributed by atoms with Crippen LogP contribution in [-0.2, 0) is 0 Å². The summed E-state index contributed by atoms with van der Waals surface area (Å²) in [7, 11) is 0. The van der Waals surface area contributed by atoms with Crippen LogP contribution < -0.4 is 11.1 Å². The zero-order valence-corrected chi connectivity index (χ0v) is 11.9. The Labute approximate surface area is 125 Å². The van der Waals surface area contributed by atoms with Crippen molar-refractivity contribution < 1.29 is 13.6 Å². The van der Waals surface area contributed by atoms with Crippen molar-refractivity contribution in [2.75, 3.05) is 5.73 Å². The maximum Gasteiger partial charge on any atom is 0.251 e. The first kappa shape index (κ1) is 15.3. The van der Waals surface area contributed by atoms with Crippen molar-refractivity contribution >= 4 is 23.2 Å². The van der Waals surface area contributed by atoms with Crippen LogP contribution in [0.4, 0.5) is 14.5 Å². The number of nitrogens with one attached hydrogen (secondary N) is 1. The molecule has 0 saturated carbocycles. The molecule has 21 heavy (non-hydrogen) atoms. The zero-order chi connectivity index (χ0) is 15.6. The van der Waals surface area contributed by atoms with E-state index in [4.69, 9.17) is 17.3 Å². The molecule has 0 radical (unpaired) electrons. The molecule has 2 aromatic carbocycles. The average molecular weight is 311 g/mol. The van der Waals surface area contributed by atoms with E-state index in [9.17, 15) is 13.6 Å². The first-order valence-corrected chi connectivity index (χ1v) is 6.57. The van der Waals surface area contributed by atoms with Crippen LogP contribution in [0.25, 0.3) is 0 Å². The number of halogens is 3. The first-order chi connectivity index (χ1) is 9.88. The van der Waals surface area contributed by atoms with Crippen LogP contribution in [0.3, 0.4) is 0 Å². The fourth-order valence-corrected chi connectivity index (χ4v) is 1.95. The summed E-state index contributed by atoms with van der Waals surface area (Å²) >= 11 is 5.79. The van der Waals surface area contributed by atoms with Crippen molar-refractivity contribution in [3.05, 3.63) is 64.2 Å². The van der Waals surface area contributed by atoms with E-state index in [0.717, 1.165) is 12.1 Å². The largest absolute Gasteiger partial charge is 0.398 e.